The van der Waals surface area contributed by atoms with Crippen molar-refractivity contribution in [3.05, 3.63) is 58.8 Å². The summed E-state index contributed by atoms with van der Waals surface area (Å²) in [6, 6.07) is 10.5. The summed E-state index contributed by atoms with van der Waals surface area (Å²) < 4.78 is 1.89. The van der Waals surface area contributed by atoms with Gasteiger partial charge in [0.2, 0.25) is 5.95 Å². The summed E-state index contributed by atoms with van der Waals surface area (Å²) in [4.78, 5) is 28.9. The quantitative estimate of drug-likeness (QED) is 0.289. The number of pyridine rings is 1. The lowest BCUT2D eigenvalue weighted by Crippen LogP contribution is -2.33. The SMILES string of the molecule is Cc1cc(=O)n(C2CCCC2)c2nc(Nc3ccc(N4CCC(CCSc5ncn[nH]5)CC4)cc3)ncc12. The molecule has 1 aromatic carbocycles. The predicted molar refractivity (Wildman–Crippen MR) is 152 cm³/mol. The van der Waals surface area contributed by atoms with Gasteiger partial charge in [-0.3, -0.25) is 14.5 Å². The number of thioether (sulfide) groups is 1. The molecule has 1 aliphatic heterocycles. The Morgan fingerprint density at radius 2 is 1.87 bits per heavy atom. The first-order valence-electron chi connectivity index (χ1n) is 13.6. The minimum Gasteiger partial charge on any atom is -0.372 e. The number of fused-ring (bicyclic) bond motifs is 1. The molecule has 0 radical (unpaired) electrons. The molecule has 4 heterocycles. The molecule has 0 bridgehead atoms. The zero-order chi connectivity index (χ0) is 25.9. The summed E-state index contributed by atoms with van der Waals surface area (Å²) in [6.45, 7) is 4.12. The van der Waals surface area contributed by atoms with E-state index in [1.54, 1.807) is 24.2 Å². The van der Waals surface area contributed by atoms with Gasteiger partial charge in [-0.05, 0) is 74.8 Å². The van der Waals surface area contributed by atoms with Gasteiger partial charge >= 0.3 is 0 Å². The molecule has 2 fully saturated rings. The average molecular weight is 531 g/mol. The van der Waals surface area contributed by atoms with Gasteiger partial charge in [-0.2, -0.15) is 10.1 Å². The lowest BCUT2D eigenvalue weighted by atomic mass is 9.94. The number of nitrogens with zero attached hydrogens (tertiary/aromatic N) is 6. The minimum absolute atomic E-state index is 0.0354. The van der Waals surface area contributed by atoms with E-state index in [1.807, 2.05) is 17.7 Å². The maximum Gasteiger partial charge on any atom is 0.252 e. The highest BCUT2D eigenvalue weighted by atomic mass is 32.2. The van der Waals surface area contributed by atoms with Gasteiger partial charge < -0.3 is 10.2 Å². The Balaban J connectivity index is 1.09. The topological polar surface area (TPSA) is 105 Å². The molecular formula is C28H34N8OS. The number of H-pyrrole nitrogens is 1. The van der Waals surface area contributed by atoms with Crippen molar-refractivity contribution < 1.29 is 0 Å². The first-order chi connectivity index (χ1) is 18.6. The minimum atomic E-state index is 0.0354. The molecule has 0 spiro atoms. The highest BCUT2D eigenvalue weighted by Crippen LogP contribution is 2.32. The van der Waals surface area contributed by atoms with Crippen molar-refractivity contribution in [3.63, 3.8) is 0 Å². The van der Waals surface area contributed by atoms with Gasteiger partial charge in [-0.25, -0.2) is 9.97 Å². The van der Waals surface area contributed by atoms with E-state index in [-0.39, 0.29) is 11.6 Å². The Bertz CT molecular complexity index is 1420. The molecule has 38 heavy (non-hydrogen) atoms. The highest BCUT2D eigenvalue weighted by Gasteiger charge is 2.22. The van der Waals surface area contributed by atoms with Crippen LogP contribution in [0.25, 0.3) is 11.0 Å². The summed E-state index contributed by atoms with van der Waals surface area (Å²) in [7, 11) is 0. The Kier molecular flexibility index (Phi) is 7.31. The molecule has 10 heteroatoms. The smallest absolute Gasteiger partial charge is 0.252 e. The second-order valence-electron chi connectivity index (χ2n) is 10.4. The highest BCUT2D eigenvalue weighted by molar-refractivity contribution is 7.99. The molecule has 6 rings (SSSR count). The van der Waals surface area contributed by atoms with Crippen molar-refractivity contribution in [3.8, 4) is 0 Å². The third-order valence-electron chi connectivity index (χ3n) is 7.95. The first-order valence-corrected chi connectivity index (χ1v) is 14.6. The maximum absolute atomic E-state index is 12.9. The summed E-state index contributed by atoms with van der Waals surface area (Å²) >= 11 is 1.75. The van der Waals surface area contributed by atoms with Crippen molar-refractivity contribution in [2.24, 2.45) is 5.92 Å². The van der Waals surface area contributed by atoms with Crippen molar-refractivity contribution in [1.82, 2.24) is 29.7 Å². The van der Waals surface area contributed by atoms with E-state index in [1.165, 1.54) is 24.9 Å². The fourth-order valence-electron chi connectivity index (χ4n) is 5.80. The molecule has 4 aromatic rings. The van der Waals surface area contributed by atoms with Crippen LogP contribution in [0, 0.1) is 12.8 Å². The molecule has 0 atom stereocenters. The molecule has 9 nitrogen and oxygen atoms in total. The van der Waals surface area contributed by atoms with E-state index in [2.05, 4.69) is 54.6 Å². The molecule has 1 saturated carbocycles. The Hall–Kier alpha value is -3.40. The van der Waals surface area contributed by atoms with E-state index < -0.39 is 0 Å². The largest absolute Gasteiger partial charge is 0.372 e. The monoisotopic (exact) mass is 530 g/mol. The molecule has 0 amide bonds. The van der Waals surface area contributed by atoms with E-state index in [4.69, 9.17) is 4.98 Å². The van der Waals surface area contributed by atoms with Crippen LogP contribution < -0.4 is 15.8 Å². The van der Waals surface area contributed by atoms with Crippen LogP contribution in [0.15, 0.2) is 52.8 Å². The summed E-state index contributed by atoms with van der Waals surface area (Å²) in [5.74, 6) is 2.36. The molecule has 3 aromatic heterocycles. The van der Waals surface area contributed by atoms with Crippen LogP contribution >= 0.6 is 11.8 Å². The van der Waals surface area contributed by atoms with E-state index in [0.29, 0.717) is 5.95 Å². The Morgan fingerprint density at radius 1 is 1.08 bits per heavy atom. The number of hydrogen-bond donors (Lipinski definition) is 2. The molecule has 0 unspecified atom stereocenters. The number of hydrogen-bond acceptors (Lipinski definition) is 8. The first kappa shape index (κ1) is 24.9. The molecule has 198 valence electrons. The Morgan fingerprint density at radius 3 is 2.61 bits per heavy atom. The van der Waals surface area contributed by atoms with E-state index in [0.717, 1.165) is 77.9 Å². The lowest BCUT2D eigenvalue weighted by molar-refractivity contribution is 0.397. The zero-order valence-electron chi connectivity index (χ0n) is 21.8. The third-order valence-corrected chi connectivity index (χ3v) is 8.86. The normalized spacial score (nSPS) is 16.9. The molecule has 1 aliphatic carbocycles. The standard InChI is InChI=1S/C28H34N8OS/c1-19-16-25(37)36(23-4-2-3-5-23)26-24(19)17-29-27(33-26)32-21-6-8-22(9-7-21)35-13-10-20(11-14-35)12-15-38-28-30-18-31-34-28/h6-9,16-18,20,23H,2-5,10-15H2,1H3,(H,29,32,33)(H,30,31,34). The van der Waals surface area contributed by atoms with Crippen LogP contribution in [0.2, 0.25) is 0 Å². The predicted octanol–water partition coefficient (Wildman–Crippen LogP) is 5.48. The van der Waals surface area contributed by atoms with Crippen LogP contribution in [0.3, 0.4) is 0 Å². The van der Waals surface area contributed by atoms with Crippen molar-refractivity contribution in [2.75, 3.05) is 29.1 Å². The van der Waals surface area contributed by atoms with Gasteiger partial charge in [0.05, 0.1) is 0 Å². The number of aromatic amines is 1. The molecule has 2 N–H and O–H groups in total. The summed E-state index contributed by atoms with van der Waals surface area (Å²) in [6.07, 6.45) is 11.4. The summed E-state index contributed by atoms with van der Waals surface area (Å²) in [5, 5.41) is 12.0. The number of anilines is 3. The van der Waals surface area contributed by atoms with Crippen LogP contribution in [0.5, 0.6) is 0 Å². The van der Waals surface area contributed by atoms with Crippen LogP contribution in [-0.4, -0.2) is 48.6 Å². The second-order valence-corrected chi connectivity index (χ2v) is 11.5. The molecule has 2 aliphatic rings. The van der Waals surface area contributed by atoms with Crippen LogP contribution in [-0.2, 0) is 0 Å². The van der Waals surface area contributed by atoms with Gasteiger partial charge in [-0.15, -0.1) is 0 Å². The van der Waals surface area contributed by atoms with Gasteiger partial charge in [0.1, 0.15) is 12.0 Å². The van der Waals surface area contributed by atoms with E-state index in [9.17, 15) is 4.79 Å². The van der Waals surface area contributed by atoms with Gasteiger partial charge in [0.25, 0.3) is 5.56 Å². The van der Waals surface area contributed by atoms with Crippen LogP contribution in [0.1, 0.15) is 56.6 Å². The van der Waals surface area contributed by atoms with Gasteiger partial charge in [0, 0.05) is 53.9 Å². The van der Waals surface area contributed by atoms with Crippen molar-refractivity contribution in [2.45, 2.75) is 63.1 Å². The number of aryl methyl sites for hydroxylation is 1. The fourth-order valence-corrected chi connectivity index (χ4v) is 6.68. The van der Waals surface area contributed by atoms with Crippen molar-refractivity contribution >= 4 is 40.1 Å². The van der Waals surface area contributed by atoms with Crippen LogP contribution in [0.4, 0.5) is 17.3 Å². The fraction of sp³-hybridized carbons (Fsp3) is 0.464. The number of aromatic nitrogens is 6. The molecular weight excluding hydrogens is 496 g/mol. The number of benzene rings is 1. The van der Waals surface area contributed by atoms with E-state index >= 15 is 0 Å². The maximum atomic E-state index is 12.9. The Labute approximate surface area is 226 Å². The lowest BCUT2D eigenvalue weighted by Gasteiger charge is -2.33. The van der Waals surface area contributed by atoms with Gasteiger partial charge in [0.15, 0.2) is 5.16 Å². The number of piperidine rings is 1. The molecule has 1 saturated heterocycles. The van der Waals surface area contributed by atoms with Crippen molar-refractivity contribution in [1.29, 1.82) is 0 Å². The van der Waals surface area contributed by atoms with Gasteiger partial charge in [-0.1, -0.05) is 24.6 Å². The number of nitrogens with one attached hydrogen (secondary N) is 2. The third kappa shape index (κ3) is 5.41. The summed E-state index contributed by atoms with van der Waals surface area (Å²) in [5.41, 5.74) is 3.88. The second kappa shape index (κ2) is 11.1. The number of rotatable bonds is 8. The zero-order valence-corrected chi connectivity index (χ0v) is 22.6. The average Bonchev–Trinajstić information content (AvgIpc) is 3.65.